The second-order valence-corrected chi connectivity index (χ2v) is 14.7. The van der Waals surface area contributed by atoms with E-state index in [2.05, 4.69) is 15.6 Å². The fourth-order valence-electron chi connectivity index (χ4n) is 6.64. The van der Waals surface area contributed by atoms with Gasteiger partial charge in [0.1, 0.15) is 5.82 Å². The first-order valence-corrected chi connectivity index (χ1v) is 17.8. The van der Waals surface area contributed by atoms with Gasteiger partial charge in [0.2, 0.25) is 15.9 Å². The Labute approximate surface area is 280 Å². The van der Waals surface area contributed by atoms with Crippen molar-refractivity contribution in [3.63, 3.8) is 0 Å². The maximum atomic E-state index is 15.2. The first kappa shape index (κ1) is 34.7. The molecule has 0 saturated carbocycles. The van der Waals surface area contributed by atoms with Crippen LogP contribution in [0.2, 0.25) is 10.0 Å². The molecule has 1 amide bonds. The summed E-state index contributed by atoms with van der Waals surface area (Å²) in [6.07, 6.45) is 5.28. The molecule has 0 aliphatic carbocycles. The molecule has 2 saturated heterocycles. The van der Waals surface area contributed by atoms with Crippen LogP contribution in [0.5, 0.6) is 0 Å². The number of ether oxygens (including phenoxy) is 1. The Morgan fingerprint density at radius 1 is 1.09 bits per heavy atom. The van der Waals surface area contributed by atoms with Gasteiger partial charge in [-0.3, -0.25) is 9.78 Å². The number of rotatable bonds is 11. The number of amides is 1. The highest BCUT2D eigenvalue weighted by Gasteiger charge is 2.38. The van der Waals surface area contributed by atoms with Crippen LogP contribution in [-0.4, -0.2) is 68.0 Å². The number of carbonyl (C=O) groups excluding carboxylic acids is 1. The van der Waals surface area contributed by atoms with Crippen molar-refractivity contribution in [2.75, 3.05) is 31.6 Å². The molecule has 3 aromatic rings. The molecule has 0 spiro atoms. The molecule has 2 fully saturated rings. The van der Waals surface area contributed by atoms with Gasteiger partial charge in [0, 0.05) is 59.9 Å². The van der Waals surface area contributed by atoms with Gasteiger partial charge < -0.3 is 21.1 Å². The Bertz CT molecular complexity index is 1590. The molecular weight excluding hydrogens is 652 g/mol. The van der Waals surface area contributed by atoms with Gasteiger partial charge in [-0.15, -0.1) is 0 Å². The molecule has 1 aromatic heterocycles. The molecule has 2 aliphatic heterocycles. The molecule has 248 valence electrons. The van der Waals surface area contributed by atoms with Gasteiger partial charge in [-0.05, 0) is 86.9 Å². The zero-order chi connectivity index (χ0) is 32.8. The van der Waals surface area contributed by atoms with Crippen molar-refractivity contribution in [2.24, 2.45) is 11.7 Å². The number of pyridine rings is 1. The van der Waals surface area contributed by atoms with Crippen molar-refractivity contribution in [3.05, 3.63) is 87.9 Å². The largest absolute Gasteiger partial charge is 0.381 e. The summed E-state index contributed by atoms with van der Waals surface area (Å²) in [5.41, 5.74) is 8.10. The smallest absolute Gasteiger partial charge is 0.243 e. The summed E-state index contributed by atoms with van der Waals surface area (Å²) in [6.45, 7) is 4.03. The van der Waals surface area contributed by atoms with Crippen molar-refractivity contribution in [1.82, 2.24) is 14.6 Å². The van der Waals surface area contributed by atoms with E-state index < -0.39 is 27.8 Å². The molecule has 5 rings (SSSR count). The summed E-state index contributed by atoms with van der Waals surface area (Å²) in [4.78, 5) is 17.8. The van der Waals surface area contributed by atoms with E-state index >= 15 is 4.39 Å². The van der Waals surface area contributed by atoms with Crippen LogP contribution in [0.15, 0.2) is 65.8 Å². The van der Waals surface area contributed by atoms with Crippen molar-refractivity contribution < 1.29 is 22.3 Å². The molecule has 9 nitrogen and oxygen atoms in total. The molecule has 46 heavy (non-hydrogen) atoms. The Morgan fingerprint density at radius 3 is 2.41 bits per heavy atom. The van der Waals surface area contributed by atoms with Crippen molar-refractivity contribution in [1.29, 1.82) is 0 Å². The van der Waals surface area contributed by atoms with E-state index in [9.17, 15) is 13.2 Å². The zero-order valence-electron chi connectivity index (χ0n) is 25.7. The number of nitrogens with one attached hydrogen (secondary N) is 2. The normalized spacial score (nSPS) is 21.1. The van der Waals surface area contributed by atoms with E-state index in [-0.39, 0.29) is 40.9 Å². The molecule has 2 aromatic carbocycles. The fraction of sp³-hybridized carbons (Fsp3) is 0.455. The van der Waals surface area contributed by atoms with Crippen LogP contribution < -0.4 is 16.4 Å². The van der Waals surface area contributed by atoms with Crippen LogP contribution in [0.25, 0.3) is 0 Å². The summed E-state index contributed by atoms with van der Waals surface area (Å²) in [5, 5.41) is 7.21. The van der Waals surface area contributed by atoms with Gasteiger partial charge in [0.05, 0.1) is 29.0 Å². The predicted octanol–water partition coefficient (Wildman–Crippen LogP) is 5.38. The number of aromatic nitrogens is 1. The summed E-state index contributed by atoms with van der Waals surface area (Å²) in [5.74, 6) is -1.16. The highest BCUT2D eigenvalue weighted by atomic mass is 35.5. The average Bonchev–Trinajstić information content (AvgIpc) is 3.04. The summed E-state index contributed by atoms with van der Waals surface area (Å²) < 4.78 is 49.6. The molecule has 0 unspecified atom stereocenters. The lowest BCUT2D eigenvalue weighted by molar-refractivity contribution is -0.118. The maximum absolute atomic E-state index is 15.2. The Morgan fingerprint density at radius 2 is 1.74 bits per heavy atom. The minimum Gasteiger partial charge on any atom is -0.381 e. The van der Waals surface area contributed by atoms with Crippen LogP contribution >= 0.6 is 23.2 Å². The number of anilines is 1. The van der Waals surface area contributed by atoms with Gasteiger partial charge >= 0.3 is 0 Å². The van der Waals surface area contributed by atoms with Gasteiger partial charge in [0.25, 0.3) is 0 Å². The molecule has 0 bridgehead atoms. The number of benzene rings is 2. The third-order valence-electron chi connectivity index (χ3n) is 8.95. The van der Waals surface area contributed by atoms with E-state index in [0.717, 1.165) is 24.6 Å². The Hall–Kier alpha value is -2.64. The minimum atomic E-state index is -3.79. The Balaban J connectivity index is 1.30. The zero-order valence-corrected chi connectivity index (χ0v) is 28.0. The van der Waals surface area contributed by atoms with Crippen LogP contribution in [0.1, 0.15) is 49.7 Å². The first-order valence-electron chi connectivity index (χ1n) is 15.6. The van der Waals surface area contributed by atoms with Gasteiger partial charge in [-0.1, -0.05) is 35.3 Å². The lowest BCUT2D eigenvalue weighted by atomic mass is 9.76. The summed E-state index contributed by atoms with van der Waals surface area (Å²) >= 11 is 12.1. The highest BCUT2D eigenvalue weighted by Crippen LogP contribution is 2.36. The van der Waals surface area contributed by atoms with Gasteiger partial charge in [-0.25, -0.2) is 12.8 Å². The standard InChI is InChI=1S/C33H40Cl2FN5O4S/c1-21-17-38-18-26(41(21)46(43,44)27-11-9-25(35)10-12-27)3-2-4-28-29(36)19-39-20-30(28)40-33(42)32(37)31(23-13-15-45-16-14-23)22-5-7-24(34)8-6-22/h5-12,19-21,23,26,31-32,38H,2-4,13-18,37H2,1H3,(H,40,42)/t21-,26+,31+,32+/m1/s1. The number of hydrogen-bond acceptors (Lipinski definition) is 7. The molecule has 4 N–H and O–H groups in total. The lowest BCUT2D eigenvalue weighted by Crippen LogP contribution is -2.58. The third-order valence-corrected chi connectivity index (χ3v) is 11.5. The van der Waals surface area contributed by atoms with E-state index in [4.69, 9.17) is 33.7 Å². The van der Waals surface area contributed by atoms with Crippen molar-refractivity contribution in [3.8, 4) is 0 Å². The quantitative estimate of drug-likeness (QED) is 0.247. The van der Waals surface area contributed by atoms with E-state index in [0.29, 0.717) is 54.8 Å². The molecule has 2 aliphatic rings. The molecule has 4 atom stereocenters. The second kappa shape index (κ2) is 15.5. The fourth-order valence-corrected chi connectivity index (χ4v) is 8.74. The number of nitrogens with zero attached hydrogens (tertiary/aromatic N) is 2. The lowest BCUT2D eigenvalue weighted by Gasteiger charge is -2.40. The summed E-state index contributed by atoms with van der Waals surface area (Å²) in [6, 6.07) is 11.9. The second-order valence-electron chi connectivity index (χ2n) is 12.0. The van der Waals surface area contributed by atoms with Gasteiger partial charge in [-0.2, -0.15) is 4.31 Å². The number of nitrogens with two attached hydrogens (primary N) is 1. The summed E-state index contributed by atoms with van der Waals surface area (Å²) in [7, 11) is -3.79. The minimum absolute atomic E-state index is 0.124. The first-order chi connectivity index (χ1) is 22.1. The van der Waals surface area contributed by atoms with Crippen LogP contribution in [0, 0.1) is 11.7 Å². The molecular formula is C33H40Cl2FN5O4S. The monoisotopic (exact) mass is 691 g/mol. The number of halogens is 3. The Kier molecular flexibility index (Phi) is 11.7. The maximum Gasteiger partial charge on any atom is 0.243 e. The molecule has 0 radical (unpaired) electrons. The van der Waals surface area contributed by atoms with E-state index in [1.54, 1.807) is 28.6 Å². The van der Waals surface area contributed by atoms with Crippen molar-refractivity contribution in [2.45, 2.75) is 68.0 Å². The number of sulfonamides is 1. The predicted molar refractivity (Wildman–Crippen MR) is 178 cm³/mol. The SMILES string of the molecule is C[C@@H]1CNC[C@H](CCCc2c(F)cncc2NC(=O)[C@@H](N)[C@@H](c2ccc(Cl)cc2)C2CCOCC2)N1S(=O)(=O)c1ccc(Cl)cc1. The van der Waals surface area contributed by atoms with Crippen LogP contribution in [-0.2, 0) is 26.0 Å². The van der Waals surface area contributed by atoms with Crippen LogP contribution in [0.4, 0.5) is 10.1 Å². The number of hydrogen-bond donors (Lipinski definition) is 3. The molecule has 3 heterocycles. The highest BCUT2D eigenvalue weighted by molar-refractivity contribution is 7.89. The van der Waals surface area contributed by atoms with Crippen molar-refractivity contribution >= 4 is 44.8 Å². The third kappa shape index (κ3) is 8.07. The molecule has 13 heteroatoms. The number of piperazine rings is 1. The average molecular weight is 693 g/mol. The van der Waals surface area contributed by atoms with E-state index in [1.165, 1.54) is 18.3 Å². The van der Waals surface area contributed by atoms with E-state index in [1.807, 2.05) is 19.1 Å². The number of carbonyl (C=O) groups is 1. The van der Waals surface area contributed by atoms with Gasteiger partial charge in [0.15, 0.2) is 0 Å². The topological polar surface area (TPSA) is 127 Å². The van der Waals surface area contributed by atoms with Crippen LogP contribution in [0.3, 0.4) is 0 Å².